The van der Waals surface area contributed by atoms with E-state index in [1.54, 1.807) is 45.0 Å². The normalized spacial score (nSPS) is 20.8. The molecule has 18 nitrogen and oxygen atoms in total. The number of anilines is 2. The molecule has 4 fully saturated rings. The molecule has 0 spiro atoms. The number of hydrogen-bond donors (Lipinski definition) is 2. The molecule has 4 saturated heterocycles. The lowest BCUT2D eigenvalue weighted by atomic mass is 9.75. The van der Waals surface area contributed by atoms with Crippen molar-refractivity contribution in [1.29, 1.82) is 0 Å². The lowest BCUT2D eigenvalue weighted by Crippen LogP contribution is -2.55. The number of nitrogens with one attached hydrogen (secondary N) is 2. The average molecular weight is 1250 g/mol. The van der Waals surface area contributed by atoms with Crippen LogP contribution in [0.25, 0.3) is 22.3 Å². The first-order valence-corrected chi connectivity index (χ1v) is 30.2. The number of amides is 1. The molecule has 8 heterocycles. The molecular formula is C53H62Cl4F6N14O4S. The minimum absolute atomic E-state index is 0.000347. The van der Waals surface area contributed by atoms with Gasteiger partial charge in [0.15, 0.2) is 22.7 Å². The summed E-state index contributed by atoms with van der Waals surface area (Å²) in [5.41, 5.74) is -2.38. The predicted molar refractivity (Wildman–Crippen MR) is 301 cm³/mol. The molecule has 444 valence electrons. The Labute approximate surface area is 490 Å². The van der Waals surface area contributed by atoms with Gasteiger partial charge in [0.25, 0.3) is 0 Å². The highest BCUT2D eigenvalue weighted by molar-refractivity contribution is 7.90. The molecule has 29 heteroatoms. The number of likely N-dealkylation sites (tertiary alicyclic amines) is 2. The van der Waals surface area contributed by atoms with Crippen molar-refractivity contribution in [1.82, 2.24) is 59.3 Å². The van der Waals surface area contributed by atoms with Gasteiger partial charge in [0.2, 0.25) is 10.0 Å². The second-order valence-electron chi connectivity index (χ2n) is 22.2. The zero-order chi connectivity index (χ0) is 58.6. The van der Waals surface area contributed by atoms with Crippen molar-refractivity contribution in [2.24, 2.45) is 29.6 Å². The number of rotatable bonds is 18. The second kappa shape index (κ2) is 24.2. The Kier molecular flexibility index (Phi) is 17.7. The van der Waals surface area contributed by atoms with Crippen LogP contribution in [0.3, 0.4) is 0 Å². The topological polar surface area (TPSA) is 185 Å². The number of aromatic nitrogens is 8. The molecule has 5 unspecified atom stereocenters. The molecule has 4 aliphatic heterocycles. The maximum Gasteiger partial charge on any atom is 0.437 e. The van der Waals surface area contributed by atoms with Crippen LogP contribution in [0.2, 0.25) is 20.1 Å². The summed E-state index contributed by atoms with van der Waals surface area (Å²) in [5.74, 6) is 1.21. The number of benzene rings is 2. The Morgan fingerprint density at radius 1 is 0.707 bits per heavy atom. The number of sulfonamides is 1. The third kappa shape index (κ3) is 13.0. The number of methoxy groups -OCH3 is 1. The fourth-order valence-electron chi connectivity index (χ4n) is 12.0. The van der Waals surface area contributed by atoms with Crippen molar-refractivity contribution >= 4 is 96.5 Å². The molecule has 82 heavy (non-hydrogen) atoms. The van der Waals surface area contributed by atoms with Crippen LogP contribution in [-0.2, 0) is 27.1 Å². The minimum atomic E-state index is -4.90. The second-order valence-corrected chi connectivity index (χ2v) is 26.2. The summed E-state index contributed by atoms with van der Waals surface area (Å²) >= 11 is 26.1. The highest BCUT2D eigenvalue weighted by Gasteiger charge is 2.45. The van der Waals surface area contributed by atoms with Crippen LogP contribution in [0, 0.1) is 29.6 Å². The molecule has 0 aliphatic carbocycles. The number of piperidine rings is 2. The minimum Gasteiger partial charge on any atom is -0.453 e. The summed E-state index contributed by atoms with van der Waals surface area (Å²) in [4.78, 5) is 38.9. The smallest absolute Gasteiger partial charge is 0.437 e. The molecule has 10 rings (SSSR count). The number of hydrogen-bond acceptors (Lipinski definition) is 14. The summed E-state index contributed by atoms with van der Waals surface area (Å²) < 4.78 is 123. The summed E-state index contributed by atoms with van der Waals surface area (Å²) in [6.45, 7) is 11.4. The van der Waals surface area contributed by atoms with E-state index in [4.69, 9.17) is 61.1 Å². The fourth-order valence-corrected chi connectivity index (χ4v) is 13.8. The zero-order valence-corrected chi connectivity index (χ0v) is 49.1. The zero-order valence-electron chi connectivity index (χ0n) is 45.2. The fraction of sp³-hybridized carbons (Fsp3) is 0.566. The quantitative estimate of drug-likeness (QED) is 0.0775. The van der Waals surface area contributed by atoms with Crippen molar-refractivity contribution < 1.29 is 44.3 Å². The van der Waals surface area contributed by atoms with Gasteiger partial charge in [0.1, 0.15) is 22.7 Å². The van der Waals surface area contributed by atoms with Crippen LogP contribution in [0.15, 0.2) is 48.8 Å². The first-order chi connectivity index (χ1) is 38.8. The van der Waals surface area contributed by atoms with Gasteiger partial charge in [-0.1, -0.05) is 58.5 Å². The lowest BCUT2D eigenvalue weighted by molar-refractivity contribution is -0.141. The number of carbonyl (C=O) groups is 1. The van der Waals surface area contributed by atoms with E-state index in [9.17, 15) is 26.4 Å². The largest absolute Gasteiger partial charge is 0.453 e. The van der Waals surface area contributed by atoms with Crippen molar-refractivity contribution in [3.63, 3.8) is 0 Å². The summed E-state index contributed by atoms with van der Waals surface area (Å²) in [7, 11) is -2.12. The molecular weight excluding hydrogens is 1180 g/mol. The van der Waals surface area contributed by atoms with Crippen molar-refractivity contribution in [3.05, 3.63) is 91.4 Å². The predicted octanol–water partition coefficient (Wildman–Crippen LogP) is 10.1. The average Bonchev–Trinajstić information content (AvgIpc) is 3.57. The molecule has 0 bridgehead atoms. The van der Waals surface area contributed by atoms with Gasteiger partial charge in [-0.15, -0.1) is 0 Å². The summed E-state index contributed by atoms with van der Waals surface area (Å²) in [5, 5.41) is 11.6. The maximum atomic E-state index is 15.1. The maximum absolute atomic E-state index is 15.1. The number of carbonyl (C=O) groups excluding carboxylic acids is 1. The van der Waals surface area contributed by atoms with Gasteiger partial charge >= 0.3 is 18.4 Å². The highest BCUT2D eigenvalue weighted by Crippen LogP contribution is 2.44. The van der Waals surface area contributed by atoms with Crippen LogP contribution in [-0.4, -0.2) is 155 Å². The third-order valence-corrected chi connectivity index (χ3v) is 19.5. The van der Waals surface area contributed by atoms with Gasteiger partial charge in [-0.25, -0.2) is 47.2 Å². The Bertz CT molecular complexity index is 3420. The van der Waals surface area contributed by atoms with Gasteiger partial charge in [0.05, 0.1) is 36.8 Å². The van der Waals surface area contributed by atoms with Crippen LogP contribution >= 0.6 is 46.4 Å². The highest BCUT2D eigenvalue weighted by atomic mass is 35.5. The van der Waals surface area contributed by atoms with E-state index in [2.05, 4.69) is 40.0 Å². The number of nitrogens with zero attached hydrogens (tertiary/aromatic N) is 12. The molecule has 5 atom stereocenters. The molecule has 0 radical (unpaired) electrons. The molecule has 2 N–H and O–H groups in total. The van der Waals surface area contributed by atoms with Crippen molar-refractivity contribution in [2.75, 3.05) is 95.4 Å². The van der Waals surface area contributed by atoms with E-state index in [1.165, 1.54) is 41.0 Å². The van der Waals surface area contributed by atoms with E-state index in [-0.39, 0.29) is 58.0 Å². The van der Waals surface area contributed by atoms with Gasteiger partial charge in [-0.2, -0.15) is 36.5 Å². The van der Waals surface area contributed by atoms with E-state index in [1.807, 2.05) is 9.80 Å². The Hall–Kier alpha value is -5.02. The molecule has 2 aromatic carbocycles. The Morgan fingerprint density at radius 3 is 1.80 bits per heavy atom. The third-order valence-electron chi connectivity index (χ3n) is 16.5. The standard InChI is InChI=1S/C53H62Cl4F6N14O4S/c1-29(2)82(79,80)67-12-15-72-13-5-6-32(23-72)34-25-74(26-34)44-21-66-46-48(53(61,62)63)71-77(50(46)69-44)42(39-10-8-37(55)19-41(39)57)17-31-16-33(24-73(22-31)14-11-64-51(78)81-4)35-27-75(28-35)43-20-65-45-47(52(58,59)60)70-76(49(45)68-43)30(3)38-9-7-36(54)18-40(38)56/h7-10,18-21,29-35,42,67H,5-6,11-17,22-28H2,1-4H3,(H,64,78). The molecule has 6 aromatic rings. The van der Waals surface area contributed by atoms with Gasteiger partial charge < -0.3 is 29.7 Å². The van der Waals surface area contributed by atoms with Crippen LogP contribution < -0.4 is 19.8 Å². The van der Waals surface area contributed by atoms with Crippen LogP contribution in [0.1, 0.15) is 81.1 Å². The van der Waals surface area contributed by atoms with Gasteiger partial charge in [0, 0.05) is 92.1 Å². The number of alkyl carbamates (subject to hydrolysis) is 1. The molecule has 1 amide bonds. The van der Waals surface area contributed by atoms with Crippen molar-refractivity contribution in [3.8, 4) is 0 Å². The Balaban J connectivity index is 0.910. The SMILES string of the molecule is COC(=O)NCCN1CC(CC(c2ccc(Cl)cc2Cl)n2nc(C(F)(F)F)c3ncc(N4CC(C5CCCN(CCNS(=O)(=O)C(C)C)C5)C4)nc32)CC(C2CN(c3cnc4c(C(F)(F)F)nn(C(C)c5ccc(Cl)cc5Cl)c4n3)C2)C1. The van der Waals surface area contributed by atoms with E-state index in [0.29, 0.717) is 104 Å². The molecule has 4 aromatic heterocycles. The first-order valence-electron chi connectivity index (χ1n) is 27.1. The van der Waals surface area contributed by atoms with Crippen LogP contribution in [0.5, 0.6) is 0 Å². The van der Waals surface area contributed by atoms with E-state index >= 15 is 13.2 Å². The Morgan fingerprint density at radius 2 is 1.24 bits per heavy atom. The summed E-state index contributed by atoms with van der Waals surface area (Å²) in [6, 6.07) is 7.88. The number of fused-ring (bicyclic) bond motifs is 2. The monoisotopic (exact) mass is 1240 g/mol. The van der Waals surface area contributed by atoms with E-state index in [0.717, 1.165) is 25.9 Å². The number of halogens is 10. The first kappa shape index (κ1) is 60.1. The van der Waals surface area contributed by atoms with E-state index < -0.39 is 68.2 Å². The number of alkyl halides is 6. The lowest BCUT2D eigenvalue weighted by Gasteiger charge is -2.49. The van der Waals surface area contributed by atoms with Gasteiger partial charge in [-0.05, 0) is 118 Å². The number of ether oxygens (including phenoxy) is 1. The molecule has 0 saturated carbocycles. The van der Waals surface area contributed by atoms with Crippen molar-refractivity contribution in [2.45, 2.75) is 76.1 Å². The van der Waals surface area contributed by atoms with Crippen LogP contribution in [0.4, 0.5) is 42.8 Å². The molecule has 4 aliphatic rings. The van der Waals surface area contributed by atoms with Gasteiger partial charge in [-0.3, -0.25) is 0 Å². The summed E-state index contributed by atoms with van der Waals surface area (Å²) in [6.07, 6.45) is -4.83.